The van der Waals surface area contributed by atoms with Gasteiger partial charge in [-0.15, -0.1) is 0 Å². The summed E-state index contributed by atoms with van der Waals surface area (Å²) < 4.78 is 17.1. The molecule has 1 radical (unpaired) electrons. The smallest absolute Gasteiger partial charge is 0.822 e. The molecule has 8 nitrogen and oxygen atoms in total. The third-order valence-electron chi connectivity index (χ3n) is 0. The molecule has 0 unspecified atom stereocenters. The van der Waals surface area contributed by atoms with Crippen LogP contribution in [0.15, 0.2) is 0 Å². The second-order valence-corrected chi connectivity index (χ2v) is 2.68. The van der Waals surface area contributed by atoms with Crippen molar-refractivity contribution in [1.82, 2.24) is 0 Å². The molecule has 0 aliphatic carbocycles. The van der Waals surface area contributed by atoms with Crippen molar-refractivity contribution in [1.29, 1.82) is 0 Å². The van der Waals surface area contributed by atoms with Crippen LogP contribution in [0.3, 0.4) is 0 Å². The summed E-state index contributed by atoms with van der Waals surface area (Å²) in [6, 6.07) is 0. The predicted molar refractivity (Wildman–Crippen MR) is 15.2 cm³/mol. The topological polar surface area (TPSA) is 172 Å². The Kier molecular flexibility index (Phi) is 26.9. The minimum atomic E-state index is -5.39. The molecule has 0 amide bonds. The van der Waals surface area contributed by atoms with Crippen LogP contribution in [0.2, 0.25) is 0 Å². The Balaban J connectivity index is -0.0000000267. The van der Waals surface area contributed by atoms with E-state index in [1.807, 2.05) is 0 Å². The van der Waals surface area contributed by atoms with Crippen LogP contribution in [0.1, 0.15) is 0 Å². The van der Waals surface area contributed by atoms with Crippen molar-refractivity contribution >= 4 is 15.6 Å². The van der Waals surface area contributed by atoms with Gasteiger partial charge < -0.3 is 38.5 Å². The second-order valence-electron chi connectivity index (χ2n) is 0.894. The zero-order chi connectivity index (χ0) is 9.00. The molecular weight excluding hydrogens is 369 g/mol. The molecular formula is MnNiO8P2Zn. The molecule has 77 valence electrons. The fourth-order valence-corrected chi connectivity index (χ4v) is 0. The Hall–Kier alpha value is 1.86. The van der Waals surface area contributed by atoms with Crippen LogP contribution in [0, 0.1) is 0 Å². The molecule has 0 rings (SSSR count). The van der Waals surface area contributed by atoms with E-state index in [-0.39, 0.29) is 53.0 Å². The molecule has 0 bridgehead atoms. The van der Waals surface area contributed by atoms with E-state index < -0.39 is 15.6 Å². The van der Waals surface area contributed by atoms with Crippen LogP contribution in [-0.2, 0) is 62.2 Å². The van der Waals surface area contributed by atoms with E-state index in [0.717, 1.165) is 0 Å². The van der Waals surface area contributed by atoms with Crippen molar-refractivity contribution in [3.63, 3.8) is 0 Å². The van der Waals surface area contributed by atoms with Gasteiger partial charge in [-0.25, -0.2) is 0 Å². The summed E-state index contributed by atoms with van der Waals surface area (Å²) in [5, 5.41) is 0. The fourth-order valence-electron chi connectivity index (χ4n) is 0. The molecule has 0 atom stereocenters. The average Bonchev–Trinajstić information content (AvgIpc) is 1.12. The molecule has 0 spiro atoms. The minimum Gasteiger partial charge on any atom is -0.822 e. The molecule has 0 N–H and O–H groups in total. The second kappa shape index (κ2) is 11.9. The summed E-state index contributed by atoms with van der Waals surface area (Å²) >= 11 is 0. The SMILES string of the molecule is O=P([O-])([O-])[O-].O=P([O-])([O-])[O-].[Mn+2].[Ni+2].[Zn+2]. The summed E-state index contributed by atoms with van der Waals surface area (Å²) in [5.41, 5.74) is 0. The molecule has 0 aliphatic rings. The largest absolute Gasteiger partial charge is 2.00 e. The minimum absolute atomic E-state index is 0. The van der Waals surface area contributed by atoms with Crippen molar-refractivity contribution in [3.8, 4) is 0 Å². The normalized spacial score (nSPS) is 9.08. The van der Waals surface area contributed by atoms with Crippen LogP contribution in [0.4, 0.5) is 0 Å². The van der Waals surface area contributed by atoms with Gasteiger partial charge in [-0.05, 0) is 0 Å². The fraction of sp³-hybridized carbons (Fsp3) is 0. The molecule has 0 heterocycles. The Bertz CT molecular complexity index is 134. The predicted octanol–water partition coefficient (Wildman–Crippen LogP) is -5.66. The number of phosphoric acid groups is 2. The van der Waals surface area contributed by atoms with E-state index in [0.29, 0.717) is 0 Å². The van der Waals surface area contributed by atoms with Crippen molar-refractivity contribution in [3.05, 3.63) is 0 Å². The molecule has 0 fully saturated rings. The van der Waals surface area contributed by atoms with Crippen molar-refractivity contribution in [2.24, 2.45) is 0 Å². The molecule has 0 saturated heterocycles. The molecule has 0 aromatic carbocycles. The van der Waals surface area contributed by atoms with Crippen LogP contribution in [0.5, 0.6) is 0 Å². The zero-order valence-electron chi connectivity index (χ0n) is 5.56. The van der Waals surface area contributed by atoms with E-state index in [1.165, 1.54) is 0 Å². The van der Waals surface area contributed by atoms with Crippen LogP contribution >= 0.6 is 15.6 Å². The molecule has 0 aromatic rings. The molecule has 0 aliphatic heterocycles. The first-order valence-electron chi connectivity index (χ1n) is 1.46. The first kappa shape index (κ1) is 29.4. The Labute approximate surface area is 107 Å². The van der Waals surface area contributed by atoms with E-state index >= 15 is 0 Å². The number of rotatable bonds is 0. The van der Waals surface area contributed by atoms with Gasteiger partial charge >= 0.3 is 53.0 Å². The third-order valence-corrected chi connectivity index (χ3v) is 0. The maximum absolute atomic E-state index is 8.55. The maximum Gasteiger partial charge on any atom is 2.00 e. The van der Waals surface area contributed by atoms with Gasteiger partial charge in [-0.1, -0.05) is 0 Å². The van der Waals surface area contributed by atoms with E-state index in [4.69, 9.17) is 38.5 Å². The van der Waals surface area contributed by atoms with Crippen LogP contribution in [0.25, 0.3) is 0 Å². The standard InChI is InChI=1S/Mn.Ni.2H3O4P.Zn/c;;2*1-5(2,3)4;/h;;2*(H3,1,2,3,4);/q2*+2;;;+2/p-6. The van der Waals surface area contributed by atoms with Crippen molar-refractivity contribution < 1.29 is 91.5 Å². The van der Waals surface area contributed by atoms with Crippen LogP contribution < -0.4 is 29.4 Å². The van der Waals surface area contributed by atoms with Gasteiger partial charge in [0.05, 0.1) is 0 Å². The zero-order valence-corrected chi connectivity index (χ0v) is 12.5. The maximum atomic E-state index is 8.55. The van der Waals surface area contributed by atoms with Gasteiger partial charge in [0.15, 0.2) is 0 Å². The molecule has 0 saturated carbocycles. The third kappa shape index (κ3) is 565. The Morgan fingerprint density at radius 2 is 0.692 bits per heavy atom. The van der Waals surface area contributed by atoms with Gasteiger partial charge in [0, 0.05) is 0 Å². The molecule has 13 heteroatoms. The Morgan fingerprint density at radius 1 is 0.692 bits per heavy atom. The number of hydrogen-bond acceptors (Lipinski definition) is 8. The first-order valence-corrected chi connectivity index (χ1v) is 4.38. The van der Waals surface area contributed by atoms with E-state index in [9.17, 15) is 0 Å². The number of hydrogen-bond donors (Lipinski definition) is 0. The molecule has 13 heavy (non-hydrogen) atoms. The van der Waals surface area contributed by atoms with E-state index in [1.54, 1.807) is 0 Å². The average molecular weight is 369 g/mol. The van der Waals surface area contributed by atoms with Crippen molar-refractivity contribution in [2.75, 3.05) is 0 Å². The quantitative estimate of drug-likeness (QED) is 0.300. The van der Waals surface area contributed by atoms with Gasteiger partial charge in [-0.3, -0.25) is 0 Å². The summed E-state index contributed by atoms with van der Waals surface area (Å²) in [5.74, 6) is 0. The van der Waals surface area contributed by atoms with Crippen LogP contribution in [-0.4, -0.2) is 0 Å². The van der Waals surface area contributed by atoms with Gasteiger partial charge in [-0.2, -0.15) is 15.6 Å². The molecule has 0 aromatic heterocycles. The summed E-state index contributed by atoms with van der Waals surface area (Å²) in [6.45, 7) is 0. The van der Waals surface area contributed by atoms with Gasteiger partial charge in [0.2, 0.25) is 0 Å². The summed E-state index contributed by atoms with van der Waals surface area (Å²) in [7, 11) is -10.8. The summed E-state index contributed by atoms with van der Waals surface area (Å²) in [6.07, 6.45) is 0. The Morgan fingerprint density at radius 3 is 0.692 bits per heavy atom. The first-order chi connectivity index (χ1) is 4.00. The van der Waals surface area contributed by atoms with Gasteiger partial charge in [0.25, 0.3) is 0 Å². The monoisotopic (exact) mass is 367 g/mol. The van der Waals surface area contributed by atoms with E-state index in [2.05, 4.69) is 0 Å². The van der Waals surface area contributed by atoms with Gasteiger partial charge in [0.1, 0.15) is 0 Å². The summed E-state index contributed by atoms with van der Waals surface area (Å²) in [4.78, 5) is 51.3. The van der Waals surface area contributed by atoms with Crippen molar-refractivity contribution in [2.45, 2.75) is 0 Å².